The monoisotopic (exact) mass is 339 g/mol. The number of aromatic nitrogens is 1. The third kappa shape index (κ3) is 3.05. The van der Waals surface area contributed by atoms with Crippen LogP contribution in [0.2, 0.25) is 0 Å². The fourth-order valence-electron chi connectivity index (χ4n) is 2.85. The molecule has 0 spiro atoms. The first-order valence-electron chi connectivity index (χ1n) is 8.39. The van der Waals surface area contributed by atoms with E-state index in [4.69, 9.17) is 0 Å². The maximum atomic E-state index is 13.1. The second-order valence-corrected chi connectivity index (χ2v) is 6.09. The predicted molar refractivity (Wildman–Crippen MR) is 104 cm³/mol. The highest BCUT2D eigenvalue weighted by Gasteiger charge is 2.32. The summed E-state index contributed by atoms with van der Waals surface area (Å²) >= 11 is 0. The summed E-state index contributed by atoms with van der Waals surface area (Å²) in [6, 6.07) is 21.3. The Morgan fingerprint density at radius 3 is 2.27 bits per heavy atom. The zero-order valence-corrected chi connectivity index (χ0v) is 14.3. The van der Waals surface area contributed by atoms with Crippen molar-refractivity contribution in [1.29, 1.82) is 0 Å². The quantitative estimate of drug-likeness (QED) is 0.671. The van der Waals surface area contributed by atoms with Gasteiger partial charge in [-0.2, -0.15) is 0 Å². The van der Waals surface area contributed by atoms with E-state index in [2.05, 4.69) is 9.98 Å². The van der Waals surface area contributed by atoms with Crippen LogP contribution in [-0.2, 0) is 4.79 Å². The molecular formula is C22H17N3O. The van der Waals surface area contributed by atoms with E-state index in [1.54, 1.807) is 23.4 Å². The molecule has 1 amide bonds. The average molecular weight is 339 g/mol. The fourth-order valence-corrected chi connectivity index (χ4v) is 2.85. The molecular weight excluding hydrogens is 322 g/mol. The number of aliphatic imine (C=N–C) groups is 1. The Kier molecular flexibility index (Phi) is 4.15. The van der Waals surface area contributed by atoms with Crippen LogP contribution >= 0.6 is 0 Å². The van der Waals surface area contributed by atoms with Gasteiger partial charge in [-0.25, -0.2) is 4.99 Å². The number of aryl methyl sites for hydroxylation is 1. The summed E-state index contributed by atoms with van der Waals surface area (Å²) in [5.41, 5.74) is 4.18. The summed E-state index contributed by atoms with van der Waals surface area (Å²) in [4.78, 5) is 23.4. The molecule has 1 aliphatic heterocycles. The van der Waals surface area contributed by atoms with Crippen LogP contribution in [-0.4, -0.2) is 16.7 Å². The van der Waals surface area contributed by atoms with Gasteiger partial charge in [0, 0.05) is 18.0 Å². The zero-order chi connectivity index (χ0) is 17.9. The molecule has 0 aliphatic carbocycles. The number of carbonyl (C=O) groups excluding carboxylic acids is 1. The molecule has 26 heavy (non-hydrogen) atoms. The van der Waals surface area contributed by atoms with Crippen LogP contribution < -0.4 is 4.90 Å². The lowest BCUT2D eigenvalue weighted by molar-refractivity contribution is -0.113. The van der Waals surface area contributed by atoms with Crippen LogP contribution in [0.4, 0.5) is 5.69 Å². The van der Waals surface area contributed by atoms with Gasteiger partial charge < -0.3 is 0 Å². The number of hydrogen-bond acceptors (Lipinski definition) is 3. The Hall–Kier alpha value is -3.53. The van der Waals surface area contributed by atoms with Gasteiger partial charge in [-0.15, -0.1) is 0 Å². The molecule has 2 aromatic carbocycles. The summed E-state index contributed by atoms with van der Waals surface area (Å²) in [5.74, 6) is 0.505. The van der Waals surface area contributed by atoms with Gasteiger partial charge in [0.1, 0.15) is 11.5 Å². The summed E-state index contributed by atoms with van der Waals surface area (Å²) in [5, 5.41) is 0. The van der Waals surface area contributed by atoms with Crippen LogP contribution in [0.3, 0.4) is 0 Å². The lowest BCUT2D eigenvalue weighted by atomic mass is 10.1. The number of benzene rings is 2. The van der Waals surface area contributed by atoms with E-state index >= 15 is 0 Å². The van der Waals surface area contributed by atoms with Crippen LogP contribution in [0.5, 0.6) is 0 Å². The highest BCUT2D eigenvalue weighted by molar-refractivity contribution is 6.33. The standard InChI is InChI=1S/C22H17N3O/c1-16-7-9-18(10-8-16)21-24-20(15-17-11-13-23-14-12-17)22(26)25(21)19-5-3-2-4-6-19/h2-15H,1H3/b20-15+. The van der Waals surface area contributed by atoms with Crippen molar-refractivity contribution in [3.63, 3.8) is 0 Å². The summed E-state index contributed by atoms with van der Waals surface area (Å²) in [7, 11) is 0. The first kappa shape index (κ1) is 16.0. The number of carbonyl (C=O) groups is 1. The molecule has 1 aliphatic rings. The number of amidine groups is 1. The Morgan fingerprint density at radius 2 is 1.58 bits per heavy atom. The van der Waals surface area contributed by atoms with E-state index in [1.165, 1.54) is 0 Å². The molecule has 4 rings (SSSR count). The molecule has 0 unspecified atom stereocenters. The molecule has 0 atom stereocenters. The van der Waals surface area contributed by atoms with Crippen molar-refractivity contribution in [2.24, 2.45) is 4.99 Å². The third-order valence-corrected chi connectivity index (χ3v) is 4.19. The summed E-state index contributed by atoms with van der Waals surface area (Å²) in [6.45, 7) is 2.04. The van der Waals surface area contributed by atoms with Crippen molar-refractivity contribution >= 4 is 23.5 Å². The molecule has 0 radical (unpaired) electrons. The minimum Gasteiger partial charge on any atom is -0.266 e. The van der Waals surface area contributed by atoms with Crippen molar-refractivity contribution in [3.8, 4) is 0 Å². The minimum atomic E-state index is -0.136. The number of amides is 1. The highest BCUT2D eigenvalue weighted by Crippen LogP contribution is 2.27. The molecule has 4 nitrogen and oxygen atoms in total. The van der Waals surface area contributed by atoms with Gasteiger partial charge in [0.05, 0.1) is 5.69 Å². The van der Waals surface area contributed by atoms with E-state index < -0.39 is 0 Å². The van der Waals surface area contributed by atoms with Gasteiger partial charge >= 0.3 is 0 Å². The van der Waals surface area contributed by atoms with Crippen LogP contribution in [0.1, 0.15) is 16.7 Å². The van der Waals surface area contributed by atoms with Crippen molar-refractivity contribution in [1.82, 2.24) is 4.98 Å². The third-order valence-electron chi connectivity index (χ3n) is 4.19. The number of pyridine rings is 1. The molecule has 0 saturated carbocycles. The molecule has 0 fully saturated rings. The lowest BCUT2D eigenvalue weighted by Gasteiger charge is -2.18. The van der Waals surface area contributed by atoms with Gasteiger partial charge in [-0.3, -0.25) is 14.7 Å². The Labute approximate surface area is 152 Å². The summed E-state index contributed by atoms with van der Waals surface area (Å²) in [6.07, 6.45) is 5.19. The average Bonchev–Trinajstić information content (AvgIpc) is 3.00. The summed E-state index contributed by atoms with van der Waals surface area (Å²) < 4.78 is 0. The van der Waals surface area contributed by atoms with Gasteiger partial charge in [0.15, 0.2) is 0 Å². The number of para-hydroxylation sites is 1. The van der Waals surface area contributed by atoms with Gasteiger partial charge in [0.25, 0.3) is 5.91 Å². The van der Waals surface area contributed by atoms with Gasteiger partial charge in [0.2, 0.25) is 0 Å². The van der Waals surface area contributed by atoms with Crippen molar-refractivity contribution in [3.05, 3.63) is 102 Å². The highest BCUT2D eigenvalue weighted by atomic mass is 16.2. The van der Waals surface area contributed by atoms with E-state index in [1.807, 2.05) is 73.7 Å². The maximum Gasteiger partial charge on any atom is 0.282 e. The second-order valence-electron chi connectivity index (χ2n) is 6.09. The van der Waals surface area contributed by atoms with Crippen LogP contribution in [0.15, 0.2) is 89.8 Å². The normalized spacial score (nSPS) is 15.4. The predicted octanol–water partition coefficient (Wildman–Crippen LogP) is 4.22. The largest absolute Gasteiger partial charge is 0.282 e. The van der Waals surface area contributed by atoms with Gasteiger partial charge in [-0.1, -0.05) is 48.0 Å². The lowest BCUT2D eigenvalue weighted by Crippen LogP contribution is -2.32. The van der Waals surface area contributed by atoms with Crippen molar-refractivity contribution in [2.45, 2.75) is 6.92 Å². The van der Waals surface area contributed by atoms with E-state index in [0.717, 1.165) is 22.4 Å². The second kappa shape index (κ2) is 6.76. The Bertz CT molecular complexity index is 991. The molecule has 0 bridgehead atoms. The van der Waals surface area contributed by atoms with Crippen LogP contribution in [0.25, 0.3) is 6.08 Å². The molecule has 2 heterocycles. The molecule has 4 heteroatoms. The maximum absolute atomic E-state index is 13.1. The van der Waals surface area contributed by atoms with E-state index in [9.17, 15) is 4.79 Å². The van der Waals surface area contributed by atoms with Crippen molar-refractivity contribution in [2.75, 3.05) is 4.90 Å². The molecule has 1 aromatic heterocycles. The first-order chi connectivity index (χ1) is 12.7. The van der Waals surface area contributed by atoms with Gasteiger partial charge in [-0.05, 0) is 42.8 Å². The number of anilines is 1. The fraction of sp³-hybridized carbons (Fsp3) is 0.0455. The topological polar surface area (TPSA) is 45.6 Å². The minimum absolute atomic E-state index is 0.136. The van der Waals surface area contributed by atoms with Crippen molar-refractivity contribution < 1.29 is 4.79 Å². The number of nitrogens with zero attached hydrogens (tertiary/aromatic N) is 3. The van der Waals surface area contributed by atoms with E-state index in [-0.39, 0.29) is 5.91 Å². The van der Waals surface area contributed by atoms with E-state index in [0.29, 0.717) is 11.5 Å². The Balaban J connectivity index is 1.82. The molecule has 126 valence electrons. The Morgan fingerprint density at radius 1 is 0.885 bits per heavy atom. The zero-order valence-electron chi connectivity index (χ0n) is 14.3. The first-order valence-corrected chi connectivity index (χ1v) is 8.39. The smallest absolute Gasteiger partial charge is 0.266 e. The SMILES string of the molecule is Cc1ccc(C2=N/C(=C/c3ccncc3)C(=O)N2c2ccccc2)cc1. The number of rotatable bonds is 3. The van der Waals surface area contributed by atoms with Crippen LogP contribution in [0, 0.1) is 6.92 Å². The molecule has 3 aromatic rings. The molecule has 0 saturated heterocycles. The number of hydrogen-bond donors (Lipinski definition) is 0. The molecule has 0 N–H and O–H groups in total.